The van der Waals surface area contributed by atoms with Gasteiger partial charge in [-0.05, 0) is 38.5 Å². The van der Waals surface area contributed by atoms with E-state index in [1.807, 2.05) is 0 Å². The zero-order chi connectivity index (χ0) is 41.4. The molecule has 1 N–H and O–H groups in total. The maximum atomic E-state index is 12.3. The van der Waals surface area contributed by atoms with Gasteiger partial charge in [0.2, 0.25) is 0 Å². The van der Waals surface area contributed by atoms with Gasteiger partial charge in [0.1, 0.15) is 6.61 Å². The SMILES string of the molecule is CCCCCCCCCC/C=C\CCCCCCCCCCCCCC(=O)OC(CO)COC(=O)CCCCCCCCCCCCCCCCCCCCCC. The predicted octanol–water partition coefficient (Wildman–Crippen LogP) is 16.8. The molecule has 0 rings (SSSR count). The van der Waals surface area contributed by atoms with E-state index in [0.717, 1.165) is 32.1 Å². The van der Waals surface area contributed by atoms with Crippen molar-refractivity contribution in [3.63, 3.8) is 0 Å². The molecule has 57 heavy (non-hydrogen) atoms. The quantitative estimate of drug-likeness (QED) is 0.0377. The number of rotatable bonds is 48. The maximum absolute atomic E-state index is 12.3. The number of hydrogen-bond acceptors (Lipinski definition) is 5. The lowest BCUT2D eigenvalue weighted by Crippen LogP contribution is -2.28. The van der Waals surface area contributed by atoms with Gasteiger partial charge in [-0.15, -0.1) is 0 Å². The summed E-state index contributed by atoms with van der Waals surface area (Å²) in [7, 11) is 0. The molecular weight excluding hydrogens is 705 g/mol. The summed E-state index contributed by atoms with van der Waals surface area (Å²) < 4.78 is 10.7. The molecule has 0 bridgehead atoms. The van der Waals surface area contributed by atoms with Crippen molar-refractivity contribution in [1.82, 2.24) is 0 Å². The number of aliphatic hydroxyl groups is 1. The smallest absolute Gasteiger partial charge is 0.306 e. The van der Waals surface area contributed by atoms with Crippen LogP contribution in [0.5, 0.6) is 0 Å². The van der Waals surface area contributed by atoms with E-state index in [2.05, 4.69) is 26.0 Å². The van der Waals surface area contributed by atoms with Gasteiger partial charge in [-0.3, -0.25) is 9.59 Å². The number of allylic oxidation sites excluding steroid dienone is 2. The molecule has 0 aliphatic heterocycles. The Labute approximate surface area is 356 Å². The van der Waals surface area contributed by atoms with Crippen molar-refractivity contribution in [2.45, 2.75) is 296 Å². The molecular formula is C52H100O5. The first-order valence-electron chi connectivity index (χ1n) is 25.7. The summed E-state index contributed by atoms with van der Waals surface area (Å²) in [6.07, 6.45) is 58.8. The van der Waals surface area contributed by atoms with Gasteiger partial charge in [-0.25, -0.2) is 0 Å². The molecule has 0 saturated carbocycles. The number of carbonyl (C=O) groups is 2. The largest absolute Gasteiger partial charge is 0.462 e. The molecule has 0 aromatic heterocycles. The van der Waals surface area contributed by atoms with Crippen LogP contribution in [0.4, 0.5) is 0 Å². The summed E-state index contributed by atoms with van der Waals surface area (Å²) >= 11 is 0. The zero-order valence-corrected chi connectivity index (χ0v) is 38.6. The number of hydrogen-bond donors (Lipinski definition) is 1. The van der Waals surface area contributed by atoms with Crippen LogP contribution in [0, 0.1) is 0 Å². The van der Waals surface area contributed by atoms with Crippen molar-refractivity contribution >= 4 is 11.9 Å². The van der Waals surface area contributed by atoms with Crippen molar-refractivity contribution in [3.8, 4) is 0 Å². The lowest BCUT2D eigenvalue weighted by Gasteiger charge is -2.15. The van der Waals surface area contributed by atoms with E-state index in [-0.39, 0.29) is 25.2 Å². The predicted molar refractivity (Wildman–Crippen MR) is 247 cm³/mol. The molecule has 5 heteroatoms. The topological polar surface area (TPSA) is 72.8 Å². The fraction of sp³-hybridized carbons (Fsp3) is 0.923. The minimum absolute atomic E-state index is 0.0588. The Morgan fingerprint density at radius 2 is 0.649 bits per heavy atom. The Kier molecular flexibility index (Phi) is 47.8. The van der Waals surface area contributed by atoms with Crippen molar-refractivity contribution in [3.05, 3.63) is 12.2 Å². The van der Waals surface area contributed by atoms with E-state index in [4.69, 9.17) is 9.47 Å². The third kappa shape index (κ3) is 47.2. The normalized spacial score (nSPS) is 12.1. The molecule has 0 aliphatic rings. The first-order chi connectivity index (χ1) is 28.1. The standard InChI is InChI=1S/C52H100O5/c1-3-5-7-9-11-13-15-17-19-21-23-25-26-27-29-31-33-35-37-39-41-43-45-47-52(55)57-50(48-53)49-56-51(54)46-44-42-40-38-36-34-32-30-28-24-22-20-18-16-14-12-10-8-6-4-2/h21,23,50,53H,3-20,22,24-49H2,1-2H3/b23-21-. The summed E-state index contributed by atoms with van der Waals surface area (Å²) in [6.45, 7) is 4.19. The minimum Gasteiger partial charge on any atom is -0.462 e. The van der Waals surface area contributed by atoms with Crippen molar-refractivity contribution in [2.75, 3.05) is 13.2 Å². The van der Waals surface area contributed by atoms with Crippen LogP contribution in [0.3, 0.4) is 0 Å². The molecule has 1 atom stereocenters. The average Bonchev–Trinajstić information content (AvgIpc) is 3.21. The first kappa shape index (κ1) is 55.6. The van der Waals surface area contributed by atoms with E-state index >= 15 is 0 Å². The van der Waals surface area contributed by atoms with E-state index in [1.54, 1.807) is 0 Å². The van der Waals surface area contributed by atoms with Crippen LogP contribution in [0.25, 0.3) is 0 Å². The van der Waals surface area contributed by atoms with Gasteiger partial charge in [0, 0.05) is 12.8 Å². The van der Waals surface area contributed by atoms with Crippen LogP contribution in [0.2, 0.25) is 0 Å². The van der Waals surface area contributed by atoms with Crippen LogP contribution in [-0.2, 0) is 19.1 Å². The highest BCUT2D eigenvalue weighted by atomic mass is 16.6. The number of ether oxygens (including phenoxy) is 2. The summed E-state index contributed by atoms with van der Waals surface area (Å²) in [4.78, 5) is 24.4. The molecule has 0 aromatic rings. The summed E-state index contributed by atoms with van der Waals surface area (Å²) in [6, 6.07) is 0. The second kappa shape index (κ2) is 49.0. The van der Waals surface area contributed by atoms with Gasteiger partial charge in [-0.2, -0.15) is 0 Å². The monoisotopic (exact) mass is 805 g/mol. The zero-order valence-electron chi connectivity index (χ0n) is 38.6. The molecule has 0 fully saturated rings. The van der Waals surface area contributed by atoms with Crippen LogP contribution in [0.15, 0.2) is 12.2 Å². The average molecular weight is 805 g/mol. The van der Waals surface area contributed by atoms with Gasteiger partial charge < -0.3 is 14.6 Å². The van der Waals surface area contributed by atoms with Gasteiger partial charge in [-0.1, -0.05) is 251 Å². The van der Waals surface area contributed by atoms with Gasteiger partial charge in [0.05, 0.1) is 6.61 Å². The van der Waals surface area contributed by atoms with Crippen LogP contribution in [0.1, 0.15) is 290 Å². The maximum Gasteiger partial charge on any atom is 0.306 e. The van der Waals surface area contributed by atoms with E-state index in [9.17, 15) is 14.7 Å². The molecule has 0 aliphatic carbocycles. The van der Waals surface area contributed by atoms with Gasteiger partial charge >= 0.3 is 11.9 Å². The second-order valence-electron chi connectivity index (χ2n) is 17.6. The van der Waals surface area contributed by atoms with Gasteiger partial charge in [0.15, 0.2) is 6.10 Å². The highest BCUT2D eigenvalue weighted by Gasteiger charge is 2.16. The third-order valence-corrected chi connectivity index (χ3v) is 11.8. The first-order valence-corrected chi connectivity index (χ1v) is 25.7. The number of esters is 2. The molecule has 0 saturated heterocycles. The Hall–Kier alpha value is -1.36. The van der Waals surface area contributed by atoms with Crippen molar-refractivity contribution in [1.29, 1.82) is 0 Å². The van der Waals surface area contributed by atoms with Crippen molar-refractivity contribution < 1.29 is 24.2 Å². The number of aliphatic hydroxyl groups excluding tert-OH is 1. The highest BCUT2D eigenvalue weighted by molar-refractivity contribution is 5.70. The Morgan fingerprint density at radius 3 is 0.947 bits per heavy atom. The summed E-state index contributed by atoms with van der Waals surface area (Å²) in [5.41, 5.74) is 0. The minimum atomic E-state index is -0.766. The Bertz CT molecular complexity index is 825. The highest BCUT2D eigenvalue weighted by Crippen LogP contribution is 2.17. The summed E-state index contributed by atoms with van der Waals surface area (Å²) in [5.74, 6) is -0.572. The Balaban J connectivity index is 3.44. The molecule has 0 spiro atoms. The lowest BCUT2D eigenvalue weighted by atomic mass is 10.0. The van der Waals surface area contributed by atoms with Gasteiger partial charge in [0.25, 0.3) is 0 Å². The second-order valence-corrected chi connectivity index (χ2v) is 17.6. The number of unbranched alkanes of at least 4 members (excludes halogenated alkanes) is 38. The fourth-order valence-corrected chi connectivity index (χ4v) is 7.91. The summed E-state index contributed by atoms with van der Waals surface area (Å²) in [5, 5.41) is 9.62. The van der Waals surface area contributed by atoms with E-state index < -0.39 is 6.10 Å². The molecule has 0 heterocycles. The molecule has 0 radical (unpaired) electrons. The van der Waals surface area contributed by atoms with E-state index in [1.165, 1.54) is 231 Å². The molecule has 338 valence electrons. The lowest BCUT2D eigenvalue weighted by molar-refractivity contribution is -0.161. The Morgan fingerprint density at radius 1 is 0.386 bits per heavy atom. The molecule has 5 nitrogen and oxygen atoms in total. The third-order valence-electron chi connectivity index (χ3n) is 11.8. The van der Waals surface area contributed by atoms with Crippen LogP contribution >= 0.6 is 0 Å². The molecule has 0 amide bonds. The van der Waals surface area contributed by atoms with Crippen LogP contribution < -0.4 is 0 Å². The fourth-order valence-electron chi connectivity index (χ4n) is 7.91. The number of carbonyl (C=O) groups excluding carboxylic acids is 2. The van der Waals surface area contributed by atoms with E-state index in [0.29, 0.717) is 12.8 Å². The van der Waals surface area contributed by atoms with Crippen molar-refractivity contribution in [2.24, 2.45) is 0 Å². The molecule has 0 aromatic carbocycles. The van der Waals surface area contributed by atoms with Crippen LogP contribution in [-0.4, -0.2) is 36.4 Å². The molecule has 1 unspecified atom stereocenters.